The Balaban J connectivity index is 1.98. The van der Waals surface area contributed by atoms with Gasteiger partial charge in [-0.25, -0.2) is 4.39 Å². The molecule has 9 heteroatoms. The fourth-order valence-electron chi connectivity index (χ4n) is 2.13. The molecule has 4 nitrogen and oxygen atoms in total. The van der Waals surface area contributed by atoms with Gasteiger partial charge in [0.05, 0.1) is 16.5 Å². The zero-order chi connectivity index (χ0) is 17.5. The van der Waals surface area contributed by atoms with Crippen LogP contribution in [0.25, 0.3) is 11.0 Å². The molecule has 0 saturated heterocycles. The van der Waals surface area contributed by atoms with Crippen LogP contribution in [-0.4, -0.2) is 11.1 Å². The van der Waals surface area contributed by atoms with E-state index in [1.165, 1.54) is 0 Å². The maximum Gasteiger partial charge on any atom is 0.417 e. The van der Waals surface area contributed by atoms with Crippen molar-refractivity contribution >= 4 is 38.6 Å². The Labute approximate surface area is 140 Å². The molecule has 0 radical (unpaired) electrons. The summed E-state index contributed by atoms with van der Waals surface area (Å²) < 4.78 is 57.8. The van der Waals surface area contributed by atoms with Gasteiger partial charge < -0.3 is 9.84 Å². The average molecular weight is 403 g/mol. The van der Waals surface area contributed by atoms with Crippen LogP contribution in [0.5, 0.6) is 0 Å². The minimum absolute atomic E-state index is 0.0278. The molecule has 0 spiro atoms. The van der Waals surface area contributed by atoms with Gasteiger partial charge in [0, 0.05) is 4.47 Å². The summed E-state index contributed by atoms with van der Waals surface area (Å²) in [6, 6.07) is 6.66. The number of rotatable bonds is 2. The normalized spacial score (nSPS) is 11.7. The molecular weight excluding hydrogens is 396 g/mol. The van der Waals surface area contributed by atoms with E-state index in [9.17, 15) is 22.4 Å². The van der Waals surface area contributed by atoms with Crippen LogP contribution in [0, 0.1) is 5.82 Å². The van der Waals surface area contributed by atoms with Crippen LogP contribution >= 0.6 is 15.9 Å². The topological polar surface area (TPSA) is 55.1 Å². The predicted octanol–water partition coefficient (Wildman–Crippen LogP) is 5.00. The second-order valence-electron chi connectivity index (χ2n) is 4.81. The average Bonchev–Trinajstić information content (AvgIpc) is 2.88. The number of aromatic nitrogens is 1. The van der Waals surface area contributed by atoms with Crippen molar-refractivity contribution in [3.63, 3.8) is 0 Å². The quantitative estimate of drug-likeness (QED) is 0.613. The Kier molecular flexibility index (Phi) is 4.04. The number of fused-ring (bicyclic) bond motifs is 1. The molecule has 0 bridgehead atoms. The van der Waals surface area contributed by atoms with E-state index in [0.717, 1.165) is 12.1 Å². The smallest absolute Gasteiger partial charge is 0.354 e. The number of hydrogen-bond acceptors (Lipinski definition) is 3. The largest absolute Gasteiger partial charge is 0.417 e. The zero-order valence-electron chi connectivity index (χ0n) is 11.6. The molecule has 0 unspecified atom stereocenters. The van der Waals surface area contributed by atoms with Crippen molar-refractivity contribution in [2.24, 2.45) is 0 Å². The molecule has 0 fully saturated rings. The predicted molar refractivity (Wildman–Crippen MR) is 81.1 cm³/mol. The van der Waals surface area contributed by atoms with E-state index in [1.54, 1.807) is 18.2 Å². The van der Waals surface area contributed by atoms with Gasteiger partial charge in [0.25, 0.3) is 5.91 Å². The summed E-state index contributed by atoms with van der Waals surface area (Å²) >= 11 is 3.23. The van der Waals surface area contributed by atoms with Crippen LogP contribution < -0.4 is 5.32 Å². The molecule has 0 aliphatic rings. The Morgan fingerprint density at radius 3 is 2.62 bits per heavy atom. The molecule has 3 aromatic rings. The summed E-state index contributed by atoms with van der Waals surface area (Å²) in [7, 11) is 0. The van der Waals surface area contributed by atoms with Crippen molar-refractivity contribution in [2.45, 2.75) is 6.18 Å². The van der Waals surface area contributed by atoms with Gasteiger partial charge in [-0.15, -0.1) is 0 Å². The summed E-state index contributed by atoms with van der Waals surface area (Å²) in [5.74, 6) is -2.18. The molecule has 24 heavy (non-hydrogen) atoms. The number of halogens is 5. The first-order chi connectivity index (χ1) is 11.3. The van der Waals surface area contributed by atoms with Crippen molar-refractivity contribution in [1.29, 1.82) is 0 Å². The van der Waals surface area contributed by atoms with Crippen molar-refractivity contribution in [3.8, 4) is 0 Å². The fourth-order valence-corrected chi connectivity index (χ4v) is 2.47. The second kappa shape index (κ2) is 5.90. The van der Waals surface area contributed by atoms with Crippen LogP contribution in [0.3, 0.4) is 0 Å². The number of amides is 1. The molecule has 0 saturated carbocycles. The lowest BCUT2D eigenvalue weighted by Crippen LogP contribution is -2.19. The zero-order valence-corrected chi connectivity index (χ0v) is 13.2. The minimum Gasteiger partial charge on any atom is -0.354 e. The first-order valence-corrected chi connectivity index (χ1v) is 7.28. The van der Waals surface area contributed by atoms with E-state index in [4.69, 9.17) is 4.52 Å². The monoisotopic (exact) mass is 402 g/mol. The van der Waals surface area contributed by atoms with E-state index in [1.807, 2.05) is 0 Å². The van der Waals surface area contributed by atoms with Gasteiger partial charge in [-0.1, -0.05) is 21.1 Å². The van der Waals surface area contributed by atoms with Gasteiger partial charge in [0.1, 0.15) is 5.82 Å². The summed E-state index contributed by atoms with van der Waals surface area (Å²) in [6.45, 7) is 0. The van der Waals surface area contributed by atoms with Gasteiger partial charge in [0.2, 0.25) is 0 Å². The molecule has 1 amide bonds. The van der Waals surface area contributed by atoms with E-state index in [2.05, 4.69) is 26.4 Å². The van der Waals surface area contributed by atoms with Crippen LogP contribution in [-0.2, 0) is 6.18 Å². The number of anilines is 1. The fraction of sp³-hybridized carbons (Fsp3) is 0.0667. The van der Waals surface area contributed by atoms with Crippen LogP contribution in [0.4, 0.5) is 23.4 Å². The number of benzene rings is 2. The Morgan fingerprint density at radius 1 is 1.17 bits per heavy atom. The number of carbonyl (C=O) groups is 1. The molecule has 1 aromatic heterocycles. The Morgan fingerprint density at radius 2 is 1.92 bits per heavy atom. The highest BCUT2D eigenvalue weighted by Gasteiger charge is 2.36. The Bertz CT molecular complexity index is 937. The van der Waals surface area contributed by atoms with Crippen LogP contribution in [0.15, 0.2) is 45.4 Å². The molecule has 1 N–H and O–H groups in total. The van der Waals surface area contributed by atoms with Crippen molar-refractivity contribution in [2.75, 3.05) is 5.32 Å². The number of alkyl halides is 3. The van der Waals surface area contributed by atoms with Crippen LogP contribution in [0.1, 0.15) is 15.9 Å². The van der Waals surface area contributed by atoms with Crippen LogP contribution in [0.2, 0.25) is 0 Å². The number of hydrogen-bond donors (Lipinski definition) is 1. The molecular formula is C15H7BrF4N2O2. The number of carbonyl (C=O) groups excluding carboxylic acids is 1. The third-order valence-electron chi connectivity index (χ3n) is 3.20. The van der Waals surface area contributed by atoms with Crippen molar-refractivity contribution < 1.29 is 26.9 Å². The van der Waals surface area contributed by atoms with Gasteiger partial charge in [-0.2, -0.15) is 13.2 Å². The molecule has 0 aliphatic heterocycles. The highest BCUT2D eigenvalue weighted by molar-refractivity contribution is 9.10. The second-order valence-corrected chi connectivity index (χ2v) is 5.73. The van der Waals surface area contributed by atoms with Gasteiger partial charge in [-0.05, 0) is 36.4 Å². The molecule has 2 aromatic carbocycles. The van der Waals surface area contributed by atoms with Gasteiger partial charge in [-0.3, -0.25) is 4.79 Å². The molecule has 0 aliphatic carbocycles. The highest BCUT2D eigenvalue weighted by atomic mass is 79.9. The van der Waals surface area contributed by atoms with E-state index >= 15 is 0 Å². The van der Waals surface area contributed by atoms with Gasteiger partial charge in [0.15, 0.2) is 11.4 Å². The maximum atomic E-state index is 13.1. The molecule has 3 rings (SSSR count). The molecule has 124 valence electrons. The number of nitrogens with zero attached hydrogens (tertiary/aromatic N) is 1. The van der Waals surface area contributed by atoms with Gasteiger partial charge >= 0.3 is 6.18 Å². The summed E-state index contributed by atoms with van der Waals surface area (Å²) in [6.07, 6.45) is -4.87. The number of nitrogens with one attached hydrogen (secondary N) is 1. The lowest BCUT2D eigenvalue weighted by molar-refractivity contribution is -0.138. The van der Waals surface area contributed by atoms with E-state index in [0.29, 0.717) is 15.4 Å². The summed E-state index contributed by atoms with van der Waals surface area (Å²) in [4.78, 5) is 12.2. The molecule has 1 heterocycles. The highest BCUT2D eigenvalue weighted by Crippen LogP contribution is 2.33. The third-order valence-corrected chi connectivity index (χ3v) is 3.69. The summed E-state index contributed by atoms with van der Waals surface area (Å²) in [5.41, 5.74) is -1.73. The van der Waals surface area contributed by atoms with Crippen molar-refractivity contribution in [1.82, 2.24) is 5.16 Å². The maximum absolute atomic E-state index is 13.1. The lowest BCUT2D eigenvalue weighted by Gasteiger charge is -2.12. The van der Waals surface area contributed by atoms with E-state index in [-0.39, 0.29) is 11.9 Å². The summed E-state index contributed by atoms with van der Waals surface area (Å²) in [5, 5.41) is 6.30. The van der Waals surface area contributed by atoms with Crippen molar-refractivity contribution in [3.05, 3.63) is 57.8 Å². The molecule has 0 atom stereocenters. The first-order valence-electron chi connectivity index (χ1n) is 6.49. The third kappa shape index (κ3) is 3.12. The van der Waals surface area contributed by atoms with E-state index < -0.39 is 29.0 Å². The lowest BCUT2D eigenvalue weighted by atomic mass is 10.1. The standard InChI is InChI=1S/C15H7BrF4N2O2/c16-7-1-3-10-12(5-7)24-22-13(10)21-14(23)9-4-2-8(17)6-11(9)15(18,19)20/h1-6H,(H,21,22,23). The Hall–Kier alpha value is -2.42. The first kappa shape index (κ1) is 16.4. The minimum atomic E-state index is -4.87. The SMILES string of the molecule is O=C(Nc1noc2cc(Br)ccc12)c1ccc(F)cc1C(F)(F)F.